The fraction of sp³-hybridized carbons (Fsp3) is 0.312. The van der Waals surface area contributed by atoms with Gasteiger partial charge in [0.05, 0.1) is 38.2 Å². The average Bonchev–Trinajstić information content (AvgIpc) is 2.57. The number of hydrazone groups is 1. The Morgan fingerprint density at radius 3 is 2.54 bits per heavy atom. The normalized spacial score (nSPS) is 15.1. The first-order valence-corrected chi connectivity index (χ1v) is 7.58. The molecule has 1 saturated heterocycles. The molecule has 1 aromatic heterocycles. The molecule has 0 unspecified atom stereocenters. The van der Waals surface area contributed by atoms with Crippen LogP contribution in [0, 0.1) is 6.92 Å². The molecule has 2 aromatic rings. The lowest BCUT2D eigenvalue weighted by atomic mass is 10.2. The first-order chi connectivity index (χ1) is 11.6. The molecule has 8 heteroatoms. The highest BCUT2D eigenvalue weighted by atomic mass is 16.5. The molecule has 0 saturated carbocycles. The maximum absolute atomic E-state index is 12.1. The predicted molar refractivity (Wildman–Crippen MR) is 89.0 cm³/mol. The molecule has 1 aromatic carbocycles. The van der Waals surface area contributed by atoms with Crippen molar-refractivity contribution in [1.82, 2.24) is 14.6 Å². The summed E-state index contributed by atoms with van der Waals surface area (Å²) in [6.07, 6.45) is 1.27. The smallest absolute Gasteiger partial charge is 0.335 e. The Bertz CT molecular complexity index is 861. The summed E-state index contributed by atoms with van der Waals surface area (Å²) in [5.41, 5.74) is 0.0228. The van der Waals surface area contributed by atoms with Gasteiger partial charge in [-0.15, -0.1) is 0 Å². The van der Waals surface area contributed by atoms with Crippen molar-refractivity contribution in [3.05, 3.63) is 56.2 Å². The lowest BCUT2D eigenvalue weighted by Gasteiger charge is -2.23. The molecule has 1 fully saturated rings. The summed E-state index contributed by atoms with van der Waals surface area (Å²) in [5.74, 6) is -0.440. The third-order valence-corrected chi connectivity index (χ3v) is 3.75. The van der Waals surface area contributed by atoms with Gasteiger partial charge in [-0.3, -0.25) is 14.8 Å². The van der Waals surface area contributed by atoms with E-state index in [0.29, 0.717) is 32.0 Å². The number of aryl methyl sites for hydroxylation is 1. The molecule has 1 aliphatic heterocycles. The quantitative estimate of drug-likeness (QED) is 0.784. The van der Waals surface area contributed by atoms with E-state index in [4.69, 9.17) is 4.74 Å². The van der Waals surface area contributed by atoms with E-state index >= 15 is 0 Å². The lowest BCUT2D eigenvalue weighted by Crippen LogP contribution is -2.34. The fourth-order valence-electron chi connectivity index (χ4n) is 2.40. The van der Waals surface area contributed by atoms with E-state index in [1.54, 1.807) is 17.1 Å². The molecule has 24 heavy (non-hydrogen) atoms. The SMILES string of the molecule is Cc1ccc(-n2c(O)c(/C=N/N3CCOCC3)c(=O)[nH]c2=O)cc1. The van der Waals surface area contributed by atoms with Crippen LogP contribution in [0.1, 0.15) is 11.1 Å². The Morgan fingerprint density at radius 2 is 1.88 bits per heavy atom. The summed E-state index contributed by atoms with van der Waals surface area (Å²) in [6.45, 7) is 4.24. The molecule has 2 heterocycles. The van der Waals surface area contributed by atoms with Crippen molar-refractivity contribution in [2.75, 3.05) is 26.3 Å². The molecule has 3 rings (SSSR count). The van der Waals surface area contributed by atoms with Crippen LogP contribution < -0.4 is 11.2 Å². The average molecular weight is 330 g/mol. The number of hydrogen-bond acceptors (Lipinski definition) is 6. The van der Waals surface area contributed by atoms with Crippen LogP contribution in [0.15, 0.2) is 39.0 Å². The summed E-state index contributed by atoms with van der Waals surface area (Å²) in [5, 5.41) is 16.3. The maximum Gasteiger partial charge on any atom is 0.335 e. The van der Waals surface area contributed by atoms with Crippen molar-refractivity contribution >= 4 is 6.21 Å². The highest BCUT2D eigenvalue weighted by molar-refractivity contribution is 5.82. The van der Waals surface area contributed by atoms with Crippen molar-refractivity contribution in [1.29, 1.82) is 0 Å². The molecule has 126 valence electrons. The Balaban J connectivity index is 2.02. The predicted octanol–water partition coefficient (Wildman–Crippen LogP) is 0.206. The number of aromatic nitrogens is 2. The Hall–Kier alpha value is -2.87. The van der Waals surface area contributed by atoms with Crippen LogP contribution in [0.25, 0.3) is 5.69 Å². The molecule has 0 radical (unpaired) electrons. The largest absolute Gasteiger partial charge is 0.493 e. The summed E-state index contributed by atoms with van der Waals surface area (Å²) in [4.78, 5) is 26.3. The van der Waals surface area contributed by atoms with Gasteiger partial charge in [0.15, 0.2) is 0 Å². The fourth-order valence-corrected chi connectivity index (χ4v) is 2.40. The topological polar surface area (TPSA) is 99.9 Å². The van der Waals surface area contributed by atoms with Crippen molar-refractivity contribution in [2.24, 2.45) is 5.10 Å². The molecular weight excluding hydrogens is 312 g/mol. The van der Waals surface area contributed by atoms with Gasteiger partial charge in [-0.1, -0.05) is 17.7 Å². The third-order valence-electron chi connectivity index (χ3n) is 3.75. The molecule has 0 atom stereocenters. The molecule has 0 spiro atoms. The lowest BCUT2D eigenvalue weighted by molar-refractivity contribution is 0.0396. The van der Waals surface area contributed by atoms with Crippen LogP contribution in [0.5, 0.6) is 5.88 Å². The van der Waals surface area contributed by atoms with Crippen molar-refractivity contribution in [3.63, 3.8) is 0 Å². The maximum atomic E-state index is 12.1. The number of aromatic hydroxyl groups is 1. The van der Waals surface area contributed by atoms with Crippen LogP contribution in [-0.4, -0.2) is 52.2 Å². The highest BCUT2D eigenvalue weighted by Crippen LogP contribution is 2.15. The number of aromatic amines is 1. The second-order valence-corrected chi connectivity index (χ2v) is 5.48. The molecule has 0 bridgehead atoms. The first-order valence-electron chi connectivity index (χ1n) is 7.58. The zero-order valence-corrected chi connectivity index (χ0v) is 13.2. The Morgan fingerprint density at radius 1 is 1.21 bits per heavy atom. The van der Waals surface area contributed by atoms with Crippen LogP contribution in [0.3, 0.4) is 0 Å². The number of H-pyrrole nitrogens is 1. The third kappa shape index (κ3) is 3.23. The summed E-state index contributed by atoms with van der Waals surface area (Å²) in [7, 11) is 0. The van der Waals surface area contributed by atoms with Crippen LogP contribution >= 0.6 is 0 Å². The first kappa shape index (κ1) is 16.0. The van der Waals surface area contributed by atoms with Gasteiger partial charge in [0.1, 0.15) is 5.56 Å². The molecular formula is C16H18N4O4. The van der Waals surface area contributed by atoms with Crippen LogP contribution in [0.2, 0.25) is 0 Å². The van der Waals surface area contributed by atoms with Crippen molar-refractivity contribution in [2.45, 2.75) is 6.92 Å². The summed E-state index contributed by atoms with van der Waals surface area (Å²) in [6, 6.07) is 7.01. The molecule has 8 nitrogen and oxygen atoms in total. The molecule has 1 aliphatic rings. The molecule has 0 amide bonds. The summed E-state index contributed by atoms with van der Waals surface area (Å²) >= 11 is 0. The van der Waals surface area contributed by atoms with E-state index in [9.17, 15) is 14.7 Å². The van der Waals surface area contributed by atoms with Gasteiger partial charge in [0, 0.05) is 0 Å². The number of nitrogens with one attached hydrogen (secondary N) is 1. The minimum Gasteiger partial charge on any atom is -0.493 e. The minimum absolute atomic E-state index is 0.0679. The Labute approximate surface area is 137 Å². The highest BCUT2D eigenvalue weighted by Gasteiger charge is 2.15. The van der Waals surface area contributed by atoms with Gasteiger partial charge >= 0.3 is 5.69 Å². The van der Waals surface area contributed by atoms with Crippen molar-refractivity contribution < 1.29 is 9.84 Å². The number of benzene rings is 1. The number of nitrogens with zero attached hydrogens (tertiary/aromatic N) is 3. The number of morpholine rings is 1. The van der Waals surface area contributed by atoms with E-state index < -0.39 is 17.1 Å². The standard InChI is InChI=1S/C16H18N4O4/c1-11-2-4-12(5-3-11)20-15(22)13(14(21)18-16(20)23)10-17-19-6-8-24-9-7-19/h2-5,10,22H,6-9H2,1H3,(H,18,21,23)/b17-10+. The monoisotopic (exact) mass is 330 g/mol. The van der Waals surface area contributed by atoms with Gasteiger partial charge in [-0.2, -0.15) is 5.10 Å². The molecule has 2 N–H and O–H groups in total. The van der Waals surface area contributed by atoms with E-state index in [1.807, 2.05) is 19.1 Å². The van der Waals surface area contributed by atoms with Crippen molar-refractivity contribution in [3.8, 4) is 11.6 Å². The zero-order valence-electron chi connectivity index (χ0n) is 13.2. The number of hydrogen-bond donors (Lipinski definition) is 2. The van der Waals surface area contributed by atoms with Gasteiger partial charge in [-0.25, -0.2) is 9.36 Å². The number of rotatable bonds is 3. The van der Waals surface area contributed by atoms with Gasteiger partial charge in [0.2, 0.25) is 5.88 Å². The van der Waals surface area contributed by atoms with Gasteiger partial charge < -0.3 is 9.84 Å². The van der Waals surface area contributed by atoms with Crippen LogP contribution in [-0.2, 0) is 4.74 Å². The Kier molecular flexibility index (Phi) is 4.48. The van der Waals surface area contributed by atoms with Crippen LogP contribution in [0.4, 0.5) is 0 Å². The zero-order chi connectivity index (χ0) is 17.1. The summed E-state index contributed by atoms with van der Waals surface area (Å²) < 4.78 is 6.27. The second-order valence-electron chi connectivity index (χ2n) is 5.48. The van der Waals surface area contributed by atoms with E-state index in [1.165, 1.54) is 6.21 Å². The second kappa shape index (κ2) is 6.71. The number of ether oxygens (including phenoxy) is 1. The van der Waals surface area contributed by atoms with E-state index in [0.717, 1.165) is 10.1 Å². The van der Waals surface area contributed by atoms with E-state index in [2.05, 4.69) is 10.1 Å². The van der Waals surface area contributed by atoms with E-state index in [-0.39, 0.29) is 5.56 Å². The van der Waals surface area contributed by atoms with Gasteiger partial charge in [0.25, 0.3) is 5.56 Å². The minimum atomic E-state index is -0.704. The van der Waals surface area contributed by atoms with Gasteiger partial charge in [-0.05, 0) is 19.1 Å². The molecule has 0 aliphatic carbocycles.